The van der Waals surface area contributed by atoms with E-state index in [0.29, 0.717) is 5.25 Å². The third-order valence-corrected chi connectivity index (χ3v) is 3.35. The van der Waals surface area contributed by atoms with Crippen LogP contribution in [-0.4, -0.2) is 28.4 Å². The minimum atomic E-state index is 0.384. The van der Waals surface area contributed by atoms with Gasteiger partial charge < -0.3 is 4.90 Å². The van der Waals surface area contributed by atoms with Crippen LogP contribution in [0.2, 0.25) is 0 Å². The Bertz CT molecular complexity index is 221. The Morgan fingerprint density at radius 1 is 1.62 bits per heavy atom. The molecule has 0 radical (unpaired) electrons. The molecule has 0 aliphatic heterocycles. The predicted molar refractivity (Wildman–Crippen MR) is 67.3 cm³/mol. The summed E-state index contributed by atoms with van der Waals surface area (Å²) in [4.78, 5) is 2.91. The first-order valence-electron chi connectivity index (χ1n) is 4.12. The van der Waals surface area contributed by atoms with Gasteiger partial charge in [0.15, 0.2) is 0 Å². The molecule has 0 aliphatic carbocycles. The van der Waals surface area contributed by atoms with Gasteiger partial charge in [0.25, 0.3) is 0 Å². The van der Waals surface area contributed by atoms with E-state index in [2.05, 4.69) is 19.8 Å². The van der Waals surface area contributed by atoms with Crippen molar-refractivity contribution in [1.29, 1.82) is 0 Å². The fourth-order valence-electron chi connectivity index (χ4n) is 0.700. The van der Waals surface area contributed by atoms with Crippen molar-refractivity contribution in [2.24, 2.45) is 0 Å². The molecule has 0 bridgehead atoms. The van der Waals surface area contributed by atoms with E-state index in [1.807, 2.05) is 31.1 Å². The molecular weight excluding hydrogens is 198 g/mol. The predicted octanol–water partition coefficient (Wildman–Crippen LogP) is 3.09. The maximum absolute atomic E-state index is 5.27. The molecule has 1 atom stereocenters. The molecule has 0 aromatic heterocycles. The number of hydrogen-bond donors (Lipinski definition) is 0. The van der Waals surface area contributed by atoms with E-state index < -0.39 is 0 Å². The maximum Gasteiger partial charge on any atom is 0.0945 e. The molecule has 1 unspecified atom stereocenters. The second kappa shape index (κ2) is 6.22. The van der Waals surface area contributed by atoms with Crippen LogP contribution in [0.5, 0.6) is 0 Å². The zero-order chi connectivity index (χ0) is 10.4. The smallest absolute Gasteiger partial charge is 0.0945 e. The lowest BCUT2D eigenvalue weighted by Crippen LogP contribution is -2.26. The molecule has 1 nitrogen and oxygen atoms in total. The summed E-state index contributed by atoms with van der Waals surface area (Å²) in [6.45, 7) is 7.86. The van der Waals surface area contributed by atoms with Crippen LogP contribution >= 0.6 is 24.0 Å². The van der Waals surface area contributed by atoms with Gasteiger partial charge in [-0.15, -0.1) is 0 Å². The van der Waals surface area contributed by atoms with Crippen LogP contribution in [0.1, 0.15) is 13.8 Å². The molecular formula is C10H17NS2. The second-order valence-electron chi connectivity index (χ2n) is 2.99. The largest absolute Gasteiger partial charge is 0.345 e. The van der Waals surface area contributed by atoms with Crippen LogP contribution in [0.25, 0.3) is 0 Å². The van der Waals surface area contributed by atoms with Gasteiger partial charge in [0.2, 0.25) is 0 Å². The number of nitrogens with zero attached hydrogens (tertiary/aromatic N) is 1. The minimum absolute atomic E-state index is 0.384. The summed E-state index contributed by atoms with van der Waals surface area (Å²) in [7, 11) is 1.97. The summed E-state index contributed by atoms with van der Waals surface area (Å²) in [5, 5.41) is 0.384. The molecule has 0 aromatic rings. The number of hydrogen-bond acceptors (Lipinski definition) is 2. The molecule has 0 aromatic carbocycles. The van der Waals surface area contributed by atoms with Crippen LogP contribution in [0, 0.1) is 0 Å². The lowest BCUT2D eigenvalue weighted by Gasteiger charge is -2.19. The summed E-state index contributed by atoms with van der Waals surface area (Å²) in [6, 6.07) is 0. The van der Waals surface area contributed by atoms with Crippen LogP contribution in [0.4, 0.5) is 0 Å². The SMILES string of the molecule is C=C(C)/C=C\N(C)C(=S)C(C)SC. The van der Waals surface area contributed by atoms with E-state index in [1.54, 1.807) is 11.8 Å². The first-order valence-corrected chi connectivity index (χ1v) is 5.81. The van der Waals surface area contributed by atoms with E-state index in [1.165, 1.54) is 0 Å². The highest BCUT2D eigenvalue weighted by Crippen LogP contribution is 2.10. The number of rotatable bonds is 4. The van der Waals surface area contributed by atoms with Crippen LogP contribution in [-0.2, 0) is 0 Å². The van der Waals surface area contributed by atoms with Gasteiger partial charge in [0.1, 0.15) is 0 Å². The van der Waals surface area contributed by atoms with Crippen molar-refractivity contribution >= 4 is 29.0 Å². The Morgan fingerprint density at radius 3 is 2.54 bits per heavy atom. The standard InChI is InChI=1S/C10H17NS2/c1-8(2)6-7-11(4)10(12)9(3)13-5/h6-7,9H,1H2,2-5H3/b7-6-. The van der Waals surface area contributed by atoms with Gasteiger partial charge in [-0.1, -0.05) is 24.4 Å². The van der Waals surface area contributed by atoms with Gasteiger partial charge in [0.05, 0.1) is 10.2 Å². The Hall–Kier alpha value is -0.280. The van der Waals surface area contributed by atoms with Gasteiger partial charge in [-0.2, -0.15) is 11.8 Å². The van der Waals surface area contributed by atoms with Gasteiger partial charge in [-0.3, -0.25) is 0 Å². The van der Waals surface area contributed by atoms with Gasteiger partial charge >= 0.3 is 0 Å². The van der Waals surface area contributed by atoms with Gasteiger partial charge in [-0.05, 0) is 26.2 Å². The highest BCUT2D eigenvalue weighted by molar-refractivity contribution is 8.01. The lowest BCUT2D eigenvalue weighted by molar-refractivity contribution is 0.687. The monoisotopic (exact) mass is 215 g/mol. The quantitative estimate of drug-likeness (QED) is 0.524. The van der Waals surface area contributed by atoms with E-state index in [0.717, 1.165) is 10.6 Å². The molecule has 0 fully saturated rings. The molecule has 0 amide bonds. The summed E-state index contributed by atoms with van der Waals surface area (Å²) < 4.78 is 0. The molecule has 0 saturated carbocycles. The summed E-state index contributed by atoms with van der Waals surface area (Å²) >= 11 is 7.03. The lowest BCUT2D eigenvalue weighted by atomic mass is 10.3. The summed E-state index contributed by atoms with van der Waals surface area (Å²) in [6.07, 6.45) is 5.98. The first-order chi connectivity index (χ1) is 5.99. The highest BCUT2D eigenvalue weighted by atomic mass is 32.2. The molecule has 3 heteroatoms. The molecule has 0 spiro atoms. The molecule has 0 heterocycles. The zero-order valence-electron chi connectivity index (χ0n) is 8.70. The Kier molecular flexibility index (Phi) is 6.08. The van der Waals surface area contributed by atoms with Crippen molar-refractivity contribution in [1.82, 2.24) is 4.90 Å². The van der Waals surface area contributed by atoms with Crippen LogP contribution in [0.3, 0.4) is 0 Å². The number of allylic oxidation sites excluding steroid dienone is 2. The first kappa shape index (κ1) is 12.7. The molecule has 0 rings (SSSR count). The average Bonchev–Trinajstić information content (AvgIpc) is 2.11. The van der Waals surface area contributed by atoms with E-state index in [-0.39, 0.29) is 0 Å². The topological polar surface area (TPSA) is 3.24 Å². The van der Waals surface area contributed by atoms with Crippen molar-refractivity contribution in [3.63, 3.8) is 0 Å². The Morgan fingerprint density at radius 2 is 2.15 bits per heavy atom. The fourth-order valence-corrected chi connectivity index (χ4v) is 1.42. The molecule has 0 saturated heterocycles. The van der Waals surface area contributed by atoms with Crippen LogP contribution < -0.4 is 0 Å². The zero-order valence-corrected chi connectivity index (χ0v) is 10.3. The van der Waals surface area contributed by atoms with E-state index in [4.69, 9.17) is 12.2 Å². The highest BCUT2D eigenvalue weighted by Gasteiger charge is 2.08. The van der Waals surface area contributed by atoms with E-state index >= 15 is 0 Å². The van der Waals surface area contributed by atoms with Crippen LogP contribution in [0.15, 0.2) is 24.4 Å². The normalized spacial score (nSPS) is 12.9. The third kappa shape index (κ3) is 5.11. The molecule has 74 valence electrons. The number of thiocarbonyl (C=S) groups is 1. The third-order valence-electron chi connectivity index (χ3n) is 1.63. The molecule has 13 heavy (non-hydrogen) atoms. The second-order valence-corrected chi connectivity index (χ2v) is 4.59. The van der Waals surface area contributed by atoms with E-state index in [9.17, 15) is 0 Å². The summed E-state index contributed by atoms with van der Waals surface area (Å²) in [5.41, 5.74) is 1.03. The maximum atomic E-state index is 5.27. The fraction of sp³-hybridized carbons (Fsp3) is 0.500. The van der Waals surface area contributed by atoms with Crippen molar-refractivity contribution in [3.8, 4) is 0 Å². The van der Waals surface area contributed by atoms with Gasteiger partial charge in [0, 0.05) is 13.2 Å². The molecule has 0 aliphatic rings. The van der Waals surface area contributed by atoms with Crippen molar-refractivity contribution < 1.29 is 0 Å². The Balaban J connectivity index is 4.18. The Labute approximate surface area is 90.9 Å². The number of thioether (sulfide) groups is 1. The average molecular weight is 215 g/mol. The van der Waals surface area contributed by atoms with Gasteiger partial charge in [-0.25, -0.2) is 0 Å². The minimum Gasteiger partial charge on any atom is -0.345 e. The molecule has 0 N–H and O–H groups in total. The van der Waals surface area contributed by atoms with Crippen molar-refractivity contribution in [2.75, 3.05) is 13.3 Å². The van der Waals surface area contributed by atoms with Crippen molar-refractivity contribution in [2.45, 2.75) is 19.1 Å². The summed E-state index contributed by atoms with van der Waals surface area (Å²) in [5.74, 6) is 0. The van der Waals surface area contributed by atoms with Crippen molar-refractivity contribution in [3.05, 3.63) is 24.4 Å².